The molecular formula is C36H48N2O4. The van der Waals surface area contributed by atoms with Gasteiger partial charge >= 0.3 is 0 Å². The number of aryl methyl sites for hydroxylation is 1. The Hall–Kier alpha value is -3.38. The lowest BCUT2D eigenvalue weighted by atomic mass is 9.87. The molecule has 1 saturated heterocycles. The van der Waals surface area contributed by atoms with E-state index in [-0.39, 0.29) is 22.5 Å². The van der Waals surface area contributed by atoms with E-state index in [1.54, 1.807) is 0 Å². The van der Waals surface area contributed by atoms with Crippen molar-refractivity contribution in [3.63, 3.8) is 0 Å². The number of benzene rings is 2. The molecule has 42 heavy (non-hydrogen) atoms. The first-order valence-electron chi connectivity index (χ1n) is 15.7. The van der Waals surface area contributed by atoms with Crippen molar-refractivity contribution in [3.8, 4) is 5.75 Å². The first kappa shape index (κ1) is 31.6. The van der Waals surface area contributed by atoms with Crippen LogP contribution in [0.1, 0.15) is 99.0 Å². The van der Waals surface area contributed by atoms with Crippen LogP contribution in [0.5, 0.6) is 5.75 Å². The van der Waals surface area contributed by atoms with Crippen LogP contribution in [0, 0.1) is 0 Å². The van der Waals surface area contributed by atoms with Gasteiger partial charge in [-0.1, -0.05) is 96.2 Å². The van der Waals surface area contributed by atoms with Crippen LogP contribution in [0.4, 0.5) is 0 Å². The minimum absolute atomic E-state index is 0.0850. The highest BCUT2D eigenvalue weighted by molar-refractivity contribution is 5.94. The maximum Gasteiger partial charge on any atom is 0.253 e. The van der Waals surface area contributed by atoms with Gasteiger partial charge in [-0.05, 0) is 47.1 Å². The van der Waals surface area contributed by atoms with Gasteiger partial charge in [0.15, 0.2) is 0 Å². The topological polar surface area (TPSA) is 63.0 Å². The normalized spacial score (nSPS) is 14.2. The molecule has 2 heterocycles. The van der Waals surface area contributed by atoms with Crippen molar-refractivity contribution >= 4 is 5.91 Å². The van der Waals surface area contributed by atoms with Gasteiger partial charge in [-0.2, -0.15) is 0 Å². The Labute approximate surface area is 251 Å². The van der Waals surface area contributed by atoms with Crippen LogP contribution in [-0.2, 0) is 25.0 Å². The predicted octanol–water partition coefficient (Wildman–Crippen LogP) is 7.38. The van der Waals surface area contributed by atoms with E-state index in [2.05, 4.69) is 56.9 Å². The van der Waals surface area contributed by atoms with Crippen LogP contribution < -0.4 is 10.2 Å². The molecule has 1 aromatic heterocycles. The molecule has 0 aliphatic carbocycles. The quantitative estimate of drug-likeness (QED) is 0.200. The summed E-state index contributed by atoms with van der Waals surface area (Å²) in [4.78, 5) is 29.9. The van der Waals surface area contributed by atoms with Gasteiger partial charge in [0.05, 0.1) is 6.54 Å². The largest absolute Gasteiger partial charge is 0.482 e. The molecule has 226 valence electrons. The molecule has 2 aromatic carbocycles. The Morgan fingerprint density at radius 1 is 0.857 bits per heavy atom. The lowest BCUT2D eigenvalue weighted by Gasteiger charge is -2.34. The summed E-state index contributed by atoms with van der Waals surface area (Å²) in [7, 11) is 0. The van der Waals surface area contributed by atoms with Gasteiger partial charge in [-0.25, -0.2) is 0 Å². The maximum absolute atomic E-state index is 13.1. The Morgan fingerprint density at radius 3 is 2.14 bits per heavy atom. The summed E-state index contributed by atoms with van der Waals surface area (Å²) in [5.41, 5.74) is 4.23. The summed E-state index contributed by atoms with van der Waals surface area (Å²) in [5, 5.41) is 0. The van der Waals surface area contributed by atoms with Crippen molar-refractivity contribution in [2.24, 2.45) is 0 Å². The minimum Gasteiger partial charge on any atom is -0.482 e. The van der Waals surface area contributed by atoms with Gasteiger partial charge < -0.3 is 14.1 Å². The number of carbonyl (C=O) groups excluding carboxylic acids is 1. The minimum atomic E-state index is -0.184. The smallest absolute Gasteiger partial charge is 0.253 e. The Bertz CT molecular complexity index is 1310. The van der Waals surface area contributed by atoms with Crippen molar-refractivity contribution < 1.29 is 13.9 Å². The van der Waals surface area contributed by atoms with Gasteiger partial charge in [0.2, 0.25) is 11.2 Å². The Morgan fingerprint density at radius 2 is 1.50 bits per heavy atom. The first-order valence-corrected chi connectivity index (χ1v) is 15.7. The van der Waals surface area contributed by atoms with Gasteiger partial charge in [-0.15, -0.1) is 0 Å². The molecule has 1 amide bonds. The third-order valence-electron chi connectivity index (χ3n) is 8.13. The molecule has 1 aliphatic heterocycles. The molecule has 1 aliphatic rings. The first-order chi connectivity index (χ1) is 20.2. The Balaban J connectivity index is 1.20. The summed E-state index contributed by atoms with van der Waals surface area (Å²) in [6, 6.07) is 17.9. The molecule has 0 spiro atoms. The number of rotatable bonds is 13. The third kappa shape index (κ3) is 9.32. The number of nitrogens with zero attached hydrogens (tertiary/aromatic N) is 2. The molecule has 3 aromatic rings. The lowest BCUT2D eigenvalue weighted by molar-refractivity contribution is 0.0619. The van der Waals surface area contributed by atoms with Crippen LogP contribution in [0.2, 0.25) is 0 Å². The molecule has 0 bridgehead atoms. The predicted molar refractivity (Wildman–Crippen MR) is 169 cm³/mol. The summed E-state index contributed by atoms with van der Waals surface area (Å²) < 4.78 is 11.5. The zero-order valence-corrected chi connectivity index (χ0v) is 26.0. The molecule has 6 heteroatoms. The second-order valence-electron chi connectivity index (χ2n) is 12.6. The average molecular weight is 573 g/mol. The number of hydrogen-bond donors (Lipinski definition) is 0. The van der Waals surface area contributed by atoms with Gasteiger partial charge in [0.25, 0.3) is 5.91 Å². The average Bonchev–Trinajstić information content (AvgIpc) is 2.99. The molecule has 0 unspecified atom stereocenters. The highest BCUT2D eigenvalue weighted by atomic mass is 16.5. The van der Waals surface area contributed by atoms with Crippen molar-refractivity contribution in [2.45, 2.75) is 91.2 Å². The number of carbonyl (C=O) groups is 1. The SMILES string of the molecule is CCCCCCCCc1ccc(C(=O)N2CCN(Cc3cc(=O)c(OCc4ccc(C(C)(C)C)cc4)co3)CC2)cc1. The second-order valence-corrected chi connectivity index (χ2v) is 12.6. The van der Waals surface area contributed by atoms with Crippen molar-refractivity contribution in [1.82, 2.24) is 9.80 Å². The van der Waals surface area contributed by atoms with Crippen molar-refractivity contribution in [2.75, 3.05) is 26.2 Å². The van der Waals surface area contributed by atoms with E-state index in [0.717, 1.165) is 30.6 Å². The zero-order chi connectivity index (χ0) is 30.0. The monoisotopic (exact) mass is 572 g/mol. The third-order valence-corrected chi connectivity index (χ3v) is 8.13. The van der Waals surface area contributed by atoms with Crippen molar-refractivity contribution in [1.29, 1.82) is 0 Å². The summed E-state index contributed by atoms with van der Waals surface area (Å²) in [5.74, 6) is 0.900. The fraction of sp³-hybridized carbons (Fsp3) is 0.500. The Kier molecular flexibility index (Phi) is 11.4. The van der Waals surface area contributed by atoms with Crippen molar-refractivity contribution in [3.05, 3.63) is 99.1 Å². The molecule has 4 rings (SSSR count). The van der Waals surface area contributed by atoms with Gasteiger partial charge in [0, 0.05) is 37.8 Å². The summed E-state index contributed by atoms with van der Waals surface area (Å²) in [6.45, 7) is 12.4. The molecule has 0 N–H and O–H groups in total. The number of amides is 1. The van der Waals surface area contributed by atoms with Crippen LogP contribution in [0.25, 0.3) is 0 Å². The number of unbranched alkanes of at least 4 members (excludes halogenated alkanes) is 5. The molecule has 1 fully saturated rings. The molecule has 0 saturated carbocycles. The highest BCUT2D eigenvalue weighted by Crippen LogP contribution is 2.22. The van der Waals surface area contributed by atoms with E-state index < -0.39 is 0 Å². The molecule has 6 nitrogen and oxygen atoms in total. The van der Waals surface area contributed by atoms with Gasteiger partial charge in [0.1, 0.15) is 18.6 Å². The van der Waals surface area contributed by atoms with E-state index in [1.165, 1.54) is 62.0 Å². The van der Waals surface area contributed by atoms with E-state index in [0.29, 0.717) is 32.0 Å². The number of hydrogen-bond acceptors (Lipinski definition) is 5. The van der Waals surface area contributed by atoms with E-state index in [9.17, 15) is 9.59 Å². The van der Waals surface area contributed by atoms with Crippen LogP contribution in [-0.4, -0.2) is 41.9 Å². The lowest BCUT2D eigenvalue weighted by Crippen LogP contribution is -2.48. The second kappa shape index (κ2) is 15.2. The highest BCUT2D eigenvalue weighted by Gasteiger charge is 2.23. The zero-order valence-electron chi connectivity index (χ0n) is 26.0. The fourth-order valence-electron chi connectivity index (χ4n) is 5.32. The van der Waals surface area contributed by atoms with E-state index in [4.69, 9.17) is 9.15 Å². The standard InChI is InChI=1S/C36H48N2O4/c1-5-6-7-8-9-10-11-28-12-16-30(17-13-28)35(40)38-22-20-37(21-23-38)25-32-24-33(39)34(27-41-32)42-26-29-14-18-31(19-15-29)36(2,3)4/h12-19,24,27H,5-11,20-23,25-26H2,1-4H3. The maximum atomic E-state index is 13.1. The van der Waals surface area contributed by atoms with E-state index >= 15 is 0 Å². The summed E-state index contributed by atoms with van der Waals surface area (Å²) >= 11 is 0. The van der Waals surface area contributed by atoms with Crippen LogP contribution in [0.15, 0.2) is 70.1 Å². The van der Waals surface area contributed by atoms with Crippen LogP contribution >= 0.6 is 0 Å². The number of ether oxygens (including phenoxy) is 1. The van der Waals surface area contributed by atoms with E-state index in [1.807, 2.05) is 29.2 Å². The fourth-order valence-corrected chi connectivity index (χ4v) is 5.32. The van der Waals surface area contributed by atoms with Gasteiger partial charge in [-0.3, -0.25) is 14.5 Å². The molecule has 0 atom stereocenters. The molecule has 0 radical (unpaired) electrons. The summed E-state index contributed by atoms with van der Waals surface area (Å²) in [6.07, 6.45) is 10.2. The molecular weight excluding hydrogens is 524 g/mol. The number of piperazine rings is 1. The van der Waals surface area contributed by atoms with Crippen LogP contribution in [0.3, 0.4) is 0 Å².